The molecule has 5 aliphatic heterocycles. The van der Waals surface area contributed by atoms with Crippen molar-refractivity contribution in [3.8, 4) is 23.3 Å². The molecule has 4 bridgehead atoms. The number of ether oxygens (including phenoxy) is 5. The Kier molecular flexibility index (Phi) is 5.45. The number of nitrogens with zero attached hydrogens (tertiary/aromatic N) is 3. The Hall–Kier alpha value is -4.26. The van der Waals surface area contributed by atoms with Gasteiger partial charge in [-0.05, 0) is 24.6 Å². The van der Waals surface area contributed by atoms with E-state index in [1.54, 1.807) is 12.1 Å². The first-order valence-electron chi connectivity index (χ1n) is 13.6. The molecule has 1 saturated carbocycles. The van der Waals surface area contributed by atoms with Crippen LogP contribution in [0.15, 0.2) is 24.3 Å². The molecule has 2 aromatic carbocycles. The minimum Gasteiger partial charge on any atom is -0.496 e. The molecule has 0 radical (unpaired) electrons. The summed E-state index contributed by atoms with van der Waals surface area (Å²) in [6, 6.07) is 8.19. The van der Waals surface area contributed by atoms with E-state index in [-0.39, 0.29) is 52.8 Å². The van der Waals surface area contributed by atoms with Crippen LogP contribution in [0, 0.1) is 11.3 Å². The molecule has 2 unspecified atom stereocenters. The zero-order chi connectivity index (χ0) is 29.7. The molecule has 12 nitrogen and oxygen atoms in total. The number of nitrogens with one attached hydrogen (secondary N) is 2. The van der Waals surface area contributed by atoms with E-state index in [1.165, 1.54) is 18.4 Å². The van der Waals surface area contributed by atoms with Gasteiger partial charge < -0.3 is 39.2 Å². The van der Waals surface area contributed by atoms with Gasteiger partial charge in [-0.2, -0.15) is 5.26 Å². The minimum atomic E-state index is -3.94. The first-order chi connectivity index (χ1) is 20.6. The number of carbonyl (C=O) groups excluding carboxylic acids is 2. The highest BCUT2D eigenvalue weighted by Gasteiger charge is 2.64. The van der Waals surface area contributed by atoms with Gasteiger partial charge in [0.05, 0.1) is 72.1 Å². The van der Waals surface area contributed by atoms with Gasteiger partial charge in [0.25, 0.3) is 11.8 Å². The van der Waals surface area contributed by atoms with Gasteiger partial charge in [0.1, 0.15) is 11.3 Å². The molecule has 4 saturated heterocycles. The third kappa shape index (κ3) is 4.00. The maximum Gasteiger partial charge on any atom is 0.586 e. The van der Waals surface area contributed by atoms with Crippen molar-refractivity contribution in [2.75, 3.05) is 37.1 Å². The van der Waals surface area contributed by atoms with Crippen molar-refractivity contribution >= 4 is 44.2 Å². The third-order valence-electron chi connectivity index (χ3n) is 8.62. The number of methoxy groups -OCH3 is 1. The van der Waals surface area contributed by atoms with Gasteiger partial charge in [-0.1, -0.05) is 11.3 Å². The van der Waals surface area contributed by atoms with Crippen LogP contribution in [0.4, 0.5) is 19.6 Å². The van der Waals surface area contributed by atoms with Gasteiger partial charge in [-0.3, -0.25) is 9.59 Å². The normalized spacial score (nSPS) is 28.9. The average molecular weight is 612 g/mol. The SMILES string of the molecule is COc1ccc2nc(N3C4COCC3C4)sc2c1C(=O)Nc1cc2c(cc1C(=O)NC13COC(C#N)(C1)C3)OC(F)(F)O2. The first-order valence-corrected chi connectivity index (χ1v) is 14.4. The number of aromatic nitrogens is 1. The van der Waals surface area contributed by atoms with E-state index in [0.29, 0.717) is 36.3 Å². The van der Waals surface area contributed by atoms with Gasteiger partial charge in [0.15, 0.2) is 22.2 Å². The number of carbonyl (C=O) groups is 2. The van der Waals surface area contributed by atoms with E-state index in [4.69, 9.17) is 19.2 Å². The number of amides is 2. The molecule has 6 heterocycles. The van der Waals surface area contributed by atoms with Gasteiger partial charge in [0.2, 0.25) is 0 Å². The predicted molar refractivity (Wildman–Crippen MR) is 146 cm³/mol. The van der Waals surface area contributed by atoms with Crippen molar-refractivity contribution in [2.24, 2.45) is 0 Å². The number of benzene rings is 2. The van der Waals surface area contributed by atoms with Crippen LogP contribution in [0.5, 0.6) is 17.2 Å². The van der Waals surface area contributed by atoms with E-state index in [9.17, 15) is 23.6 Å². The number of hydrogen-bond acceptors (Lipinski definition) is 11. The van der Waals surface area contributed by atoms with Crippen molar-refractivity contribution in [3.05, 3.63) is 35.4 Å². The Labute approximate surface area is 246 Å². The van der Waals surface area contributed by atoms with E-state index in [2.05, 4.69) is 31.1 Å². The van der Waals surface area contributed by atoms with Gasteiger partial charge in [0, 0.05) is 18.9 Å². The van der Waals surface area contributed by atoms with Gasteiger partial charge in [-0.25, -0.2) is 4.98 Å². The fourth-order valence-corrected chi connectivity index (χ4v) is 7.89. The van der Waals surface area contributed by atoms with E-state index >= 15 is 0 Å². The second kappa shape index (κ2) is 8.88. The molecular weight excluding hydrogens is 588 g/mol. The Balaban J connectivity index is 1.14. The lowest BCUT2D eigenvalue weighted by atomic mass is 9.69. The van der Waals surface area contributed by atoms with E-state index in [1.807, 2.05) is 0 Å². The number of anilines is 2. The molecule has 222 valence electrons. The molecule has 1 aromatic heterocycles. The van der Waals surface area contributed by atoms with Crippen LogP contribution in [0.25, 0.3) is 10.2 Å². The van der Waals surface area contributed by atoms with Crippen molar-refractivity contribution < 1.29 is 42.1 Å². The third-order valence-corrected chi connectivity index (χ3v) is 9.72. The molecule has 1 aliphatic carbocycles. The number of fused-ring (bicyclic) bond motifs is 5. The Morgan fingerprint density at radius 3 is 2.58 bits per heavy atom. The van der Waals surface area contributed by atoms with Crippen molar-refractivity contribution in [1.29, 1.82) is 5.26 Å². The average Bonchev–Trinajstić information content (AvgIpc) is 3.71. The first kappa shape index (κ1) is 26.4. The van der Waals surface area contributed by atoms with Crippen molar-refractivity contribution in [1.82, 2.24) is 10.3 Å². The zero-order valence-corrected chi connectivity index (χ0v) is 23.4. The molecule has 0 spiro atoms. The molecule has 15 heteroatoms. The predicted octanol–water partition coefficient (Wildman–Crippen LogP) is 3.41. The van der Waals surface area contributed by atoms with Crippen LogP contribution >= 0.6 is 11.3 Å². The highest BCUT2D eigenvalue weighted by molar-refractivity contribution is 7.22. The number of halogens is 2. The number of hydrogen-bond donors (Lipinski definition) is 2. The molecule has 2 amide bonds. The summed E-state index contributed by atoms with van der Waals surface area (Å²) in [5.41, 5.74) is -1.16. The van der Waals surface area contributed by atoms with Crippen LogP contribution in [0.2, 0.25) is 0 Å². The second-order valence-electron chi connectivity index (χ2n) is 11.4. The largest absolute Gasteiger partial charge is 0.586 e. The number of thiazole rings is 1. The van der Waals surface area contributed by atoms with E-state index in [0.717, 1.165) is 23.7 Å². The summed E-state index contributed by atoms with van der Waals surface area (Å²) >= 11 is 1.35. The smallest absolute Gasteiger partial charge is 0.496 e. The van der Waals surface area contributed by atoms with Crippen LogP contribution in [-0.4, -0.2) is 73.2 Å². The monoisotopic (exact) mass is 611 g/mol. The minimum absolute atomic E-state index is 0.0815. The Morgan fingerprint density at radius 2 is 1.91 bits per heavy atom. The van der Waals surface area contributed by atoms with Gasteiger partial charge >= 0.3 is 6.29 Å². The highest BCUT2D eigenvalue weighted by atomic mass is 32.1. The lowest BCUT2D eigenvalue weighted by Crippen LogP contribution is -2.64. The molecular formula is C28H23F2N5O7S. The molecule has 9 rings (SSSR count). The number of nitriles is 1. The summed E-state index contributed by atoms with van der Waals surface area (Å²) < 4.78 is 54.3. The lowest BCUT2D eigenvalue weighted by Gasteiger charge is -2.52. The summed E-state index contributed by atoms with van der Waals surface area (Å²) in [4.78, 5) is 34.4. The molecule has 43 heavy (non-hydrogen) atoms. The molecule has 5 fully saturated rings. The quantitative estimate of drug-likeness (QED) is 0.426. The molecule has 2 atom stereocenters. The fourth-order valence-electron chi connectivity index (χ4n) is 6.65. The summed E-state index contributed by atoms with van der Waals surface area (Å²) in [5.74, 6) is -1.73. The maximum atomic E-state index is 14.0. The maximum absolute atomic E-state index is 14.0. The summed E-state index contributed by atoms with van der Waals surface area (Å²) in [6.45, 7) is 1.36. The van der Waals surface area contributed by atoms with Crippen LogP contribution in [-0.2, 0) is 9.47 Å². The van der Waals surface area contributed by atoms with Gasteiger partial charge in [-0.15, -0.1) is 8.78 Å². The second-order valence-corrected chi connectivity index (χ2v) is 12.4. The summed E-state index contributed by atoms with van der Waals surface area (Å²) in [7, 11) is 1.43. The number of alkyl halides is 2. The van der Waals surface area contributed by atoms with Crippen LogP contribution in [0.3, 0.4) is 0 Å². The topological polar surface area (TPSA) is 144 Å². The fraction of sp³-hybridized carbons (Fsp3) is 0.429. The van der Waals surface area contributed by atoms with Crippen LogP contribution < -0.4 is 29.7 Å². The van der Waals surface area contributed by atoms with Crippen molar-refractivity contribution in [2.45, 2.75) is 48.8 Å². The summed E-state index contributed by atoms with van der Waals surface area (Å²) in [5, 5.41) is 15.7. The Morgan fingerprint density at radius 1 is 1.16 bits per heavy atom. The number of morpholine rings is 1. The number of rotatable bonds is 6. The molecule has 6 aliphatic rings. The standard InChI is InChI=1S/C28H23F2N5O7S/c1-38-18-3-2-16-22(43-25(33-16)35-13-4-14(35)8-39-7-13)21(18)24(37)32-17-6-20-19(41-28(29,30)42-20)5-15(17)23(36)34-26-9-27(10-26,11-31)40-12-26/h2-3,5-6,13-14H,4,7-10,12H2,1H3,(H,32,37)(H,34,36). The lowest BCUT2D eigenvalue weighted by molar-refractivity contribution is -0.286. The Bertz CT molecular complexity index is 1750. The molecule has 3 aromatic rings. The molecule has 2 N–H and O–H groups in total. The zero-order valence-electron chi connectivity index (χ0n) is 22.6. The summed E-state index contributed by atoms with van der Waals surface area (Å²) in [6.07, 6.45) is -2.33. The van der Waals surface area contributed by atoms with Crippen LogP contribution in [0.1, 0.15) is 40.0 Å². The van der Waals surface area contributed by atoms with E-state index < -0.39 is 29.2 Å². The van der Waals surface area contributed by atoms with Crippen molar-refractivity contribution in [3.63, 3.8) is 0 Å². The highest BCUT2D eigenvalue weighted by Crippen LogP contribution is 2.52.